The first-order chi connectivity index (χ1) is 9.65. The lowest BCUT2D eigenvalue weighted by Crippen LogP contribution is -2.49. The zero-order valence-corrected chi connectivity index (χ0v) is 11.1. The fourth-order valence-electron chi connectivity index (χ4n) is 2.94. The molecule has 1 fully saturated rings. The molecule has 5 nitrogen and oxygen atoms in total. The van der Waals surface area contributed by atoms with E-state index in [0.29, 0.717) is 19.7 Å². The standard InChI is InChI=1S/C15H17NO4/c17-14(18)8-11-9-16(5-6-20-11)15(19)13-7-10-3-1-2-4-12(10)13/h1-4,11,13H,5-9H2,(H,17,18). The molecule has 0 spiro atoms. The molecule has 2 aliphatic rings. The van der Waals surface area contributed by atoms with Crippen molar-refractivity contribution in [2.45, 2.75) is 24.9 Å². The van der Waals surface area contributed by atoms with Gasteiger partial charge in [-0.25, -0.2) is 0 Å². The summed E-state index contributed by atoms with van der Waals surface area (Å²) in [7, 11) is 0. The van der Waals surface area contributed by atoms with Crippen LogP contribution in [0.3, 0.4) is 0 Å². The SMILES string of the molecule is O=C(O)CC1CN(C(=O)C2Cc3ccccc32)CCO1. The minimum absolute atomic E-state index is 0.0506. The summed E-state index contributed by atoms with van der Waals surface area (Å²) in [5.41, 5.74) is 2.35. The number of carbonyl (C=O) groups is 2. The predicted octanol–water partition coefficient (Wildman–Crippen LogP) is 1.03. The molecular weight excluding hydrogens is 258 g/mol. The lowest BCUT2D eigenvalue weighted by molar-refractivity contribution is -0.148. The van der Waals surface area contributed by atoms with Gasteiger partial charge in [0, 0.05) is 13.1 Å². The summed E-state index contributed by atoms with van der Waals surface area (Å²) in [6.07, 6.45) is 0.349. The van der Waals surface area contributed by atoms with E-state index in [2.05, 4.69) is 0 Å². The highest BCUT2D eigenvalue weighted by molar-refractivity contribution is 5.87. The average molecular weight is 275 g/mol. The molecule has 1 N–H and O–H groups in total. The van der Waals surface area contributed by atoms with Crippen molar-refractivity contribution < 1.29 is 19.4 Å². The van der Waals surface area contributed by atoms with Crippen LogP contribution < -0.4 is 0 Å². The molecular formula is C15H17NO4. The van der Waals surface area contributed by atoms with Gasteiger partial charge in [-0.2, -0.15) is 0 Å². The molecule has 3 rings (SSSR count). The van der Waals surface area contributed by atoms with Crippen LogP contribution in [0.5, 0.6) is 0 Å². The Morgan fingerprint density at radius 3 is 2.90 bits per heavy atom. The largest absolute Gasteiger partial charge is 0.481 e. The molecule has 0 saturated carbocycles. The second kappa shape index (κ2) is 5.25. The van der Waals surface area contributed by atoms with Gasteiger partial charge in [0.25, 0.3) is 0 Å². The molecule has 0 aromatic heterocycles. The Morgan fingerprint density at radius 2 is 2.15 bits per heavy atom. The first kappa shape index (κ1) is 13.1. The Kier molecular flexibility index (Phi) is 3.44. The average Bonchev–Trinajstić information content (AvgIpc) is 2.39. The number of carboxylic acid groups (broad SMARTS) is 1. The number of carboxylic acids is 1. The summed E-state index contributed by atoms with van der Waals surface area (Å²) in [6, 6.07) is 7.98. The van der Waals surface area contributed by atoms with Gasteiger partial charge in [-0.05, 0) is 17.5 Å². The molecule has 5 heteroatoms. The molecule has 1 aromatic carbocycles. The molecule has 1 aliphatic carbocycles. The van der Waals surface area contributed by atoms with E-state index < -0.39 is 5.97 Å². The third kappa shape index (κ3) is 2.41. The Balaban J connectivity index is 1.65. The van der Waals surface area contributed by atoms with Crippen LogP contribution in [0.15, 0.2) is 24.3 Å². The van der Waals surface area contributed by atoms with Crippen molar-refractivity contribution in [2.24, 2.45) is 0 Å². The van der Waals surface area contributed by atoms with Crippen molar-refractivity contribution in [3.05, 3.63) is 35.4 Å². The molecule has 1 heterocycles. The second-order valence-corrected chi connectivity index (χ2v) is 5.33. The quantitative estimate of drug-likeness (QED) is 0.894. The Labute approximate surface area is 117 Å². The van der Waals surface area contributed by atoms with Gasteiger partial charge < -0.3 is 14.7 Å². The molecule has 1 aliphatic heterocycles. The summed E-state index contributed by atoms with van der Waals surface area (Å²) in [5.74, 6) is -0.851. The maximum absolute atomic E-state index is 12.5. The molecule has 1 aromatic rings. The maximum atomic E-state index is 12.5. The number of nitrogens with zero attached hydrogens (tertiary/aromatic N) is 1. The van der Waals surface area contributed by atoms with Gasteiger partial charge in [0.15, 0.2) is 0 Å². The van der Waals surface area contributed by atoms with Crippen LogP contribution in [0.2, 0.25) is 0 Å². The second-order valence-electron chi connectivity index (χ2n) is 5.33. The number of ether oxygens (including phenoxy) is 1. The van der Waals surface area contributed by atoms with Crippen molar-refractivity contribution >= 4 is 11.9 Å². The minimum Gasteiger partial charge on any atom is -0.481 e. The first-order valence-corrected chi connectivity index (χ1v) is 6.85. The number of hydrogen-bond donors (Lipinski definition) is 1. The molecule has 0 radical (unpaired) electrons. The van der Waals surface area contributed by atoms with Crippen molar-refractivity contribution in [3.63, 3.8) is 0 Å². The van der Waals surface area contributed by atoms with E-state index in [4.69, 9.17) is 9.84 Å². The van der Waals surface area contributed by atoms with E-state index in [1.807, 2.05) is 24.3 Å². The van der Waals surface area contributed by atoms with E-state index in [1.54, 1.807) is 4.90 Å². The van der Waals surface area contributed by atoms with Gasteiger partial charge in [0.1, 0.15) is 0 Å². The highest BCUT2D eigenvalue weighted by Gasteiger charge is 2.36. The zero-order valence-electron chi connectivity index (χ0n) is 11.1. The molecule has 0 bridgehead atoms. The van der Waals surface area contributed by atoms with Gasteiger partial charge in [-0.15, -0.1) is 0 Å². The van der Waals surface area contributed by atoms with Crippen LogP contribution in [0.1, 0.15) is 23.5 Å². The monoisotopic (exact) mass is 275 g/mol. The lowest BCUT2D eigenvalue weighted by Gasteiger charge is -2.38. The lowest BCUT2D eigenvalue weighted by atomic mass is 9.77. The van der Waals surface area contributed by atoms with Crippen LogP contribution in [0.4, 0.5) is 0 Å². The van der Waals surface area contributed by atoms with Crippen molar-refractivity contribution in [2.75, 3.05) is 19.7 Å². The number of benzene rings is 1. The molecule has 20 heavy (non-hydrogen) atoms. The third-order valence-corrected chi connectivity index (χ3v) is 4.01. The maximum Gasteiger partial charge on any atom is 0.306 e. The summed E-state index contributed by atoms with van der Waals surface area (Å²) >= 11 is 0. The van der Waals surface area contributed by atoms with Crippen LogP contribution in [0, 0.1) is 0 Å². The smallest absolute Gasteiger partial charge is 0.306 e. The molecule has 1 amide bonds. The summed E-state index contributed by atoms with van der Waals surface area (Å²) in [4.78, 5) is 25.0. The Morgan fingerprint density at radius 1 is 1.35 bits per heavy atom. The molecule has 2 atom stereocenters. The number of aliphatic carboxylic acids is 1. The summed E-state index contributed by atoms with van der Waals surface area (Å²) < 4.78 is 5.40. The van der Waals surface area contributed by atoms with E-state index in [1.165, 1.54) is 5.56 Å². The van der Waals surface area contributed by atoms with Crippen LogP contribution in [-0.4, -0.2) is 47.7 Å². The van der Waals surface area contributed by atoms with Gasteiger partial charge in [-0.1, -0.05) is 24.3 Å². The van der Waals surface area contributed by atoms with Crippen LogP contribution in [0.25, 0.3) is 0 Å². The van der Waals surface area contributed by atoms with Crippen molar-refractivity contribution in [3.8, 4) is 0 Å². The number of amides is 1. The predicted molar refractivity (Wildman–Crippen MR) is 71.5 cm³/mol. The fourth-order valence-corrected chi connectivity index (χ4v) is 2.94. The number of hydrogen-bond acceptors (Lipinski definition) is 3. The van der Waals surface area contributed by atoms with Crippen LogP contribution in [-0.2, 0) is 20.7 Å². The van der Waals surface area contributed by atoms with E-state index in [9.17, 15) is 9.59 Å². The third-order valence-electron chi connectivity index (χ3n) is 4.01. The summed E-state index contributed by atoms with van der Waals surface area (Å²) in [6.45, 7) is 1.34. The van der Waals surface area contributed by atoms with Gasteiger partial charge in [0.05, 0.1) is 25.0 Å². The number of rotatable bonds is 3. The zero-order chi connectivity index (χ0) is 14.1. The number of carbonyl (C=O) groups excluding carboxylic acids is 1. The Hall–Kier alpha value is -1.88. The van der Waals surface area contributed by atoms with E-state index >= 15 is 0 Å². The van der Waals surface area contributed by atoms with Crippen molar-refractivity contribution in [1.29, 1.82) is 0 Å². The van der Waals surface area contributed by atoms with Crippen LogP contribution >= 0.6 is 0 Å². The van der Waals surface area contributed by atoms with Gasteiger partial charge in [-0.3, -0.25) is 9.59 Å². The first-order valence-electron chi connectivity index (χ1n) is 6.85. The highest BCUT2D eigenvalue weighted by atomic mass is 16.5. The normalized spacial score (nSPS) is 24.7. The summed E-state index contributed by atoms with van der Waals surface area (Å²) in [5, 5.41) is 8.80. The fraction of sp³-hybridized carbons (Fsp3) is 0.467. The highest BCUT2D eigenvalue weighted by Crippen LogP contribution is 2.36. The Bertz CT molecular complexity index is 542. The molecule has 2 unspecified atom stereocenters. The van der Waals surface area contributed by atoms with E-state index in [-0.39, 0.29) is 24.3 Å². The molecule has 1 saturated heterocycles. The van der Waals surface area contributed by atoms with Gasteiger partial charge >= 0.3 is 5.97 Å². The number of fused-ring (bicyclic) bond motifs is 1. The minimum atomic E-state index is -0.890. The van der Waals surface area contributed by atoms with Crippen molar-refractivity contribution in [1.82, 2.24) is 4.90 Å². The topological polar surface area (TPSA) is 66.8 Å². The van der Waals surface area contributed by atoms with E-state index in [0.717, 1.165) is 12.0 Å². The van der Waals surface area contributed by atoms with Gasteiger partial charge in [0.2, 0.25) is 5.91 Å². The number of morpholine rings is 1. The molecule has 106 valence electrons.